The van der Waals surface area contributed by atoms with Crippen LogP contribution in [0.1, 0.15) is 0 Å². The number of fused-ring (bicyclic) bond motifs is 1. The summed E-state index contributed by atoms with van der Waals surface area (Å²) in [5.74, 6) is -0.601. The molecule has 2 N–H and O–H groups in total. The fraction of sp³-hybridized carbons (Fsp3) is 0.235. The van der Waals surface area contributed by atoms with Gasteiger partial charge in [0, 0.05) is 19.2 Å². The highest BCUT2D eigenvalue weighted by Crippen LogP contribution is 2.33. The fourth-order valence-electron chi connectivity index (χ4n) is 2.90. The smallest absolute Gasteiger partial charge is 0.312 e. The SMILES string of the molecule is O=[N+]([O-])c1cc(S(=O)(=O)Nc2ccc3nc(N4CCOCC4)sc3c2)ccc1O. The zero-order valence-corrected chi connectivity index (χ0v) is 16.6. The van der Waals surface area contributed by atoms with Gasteiger partial charge in [0.1, 0.15) is 0 Å². The predicted octanol–water partition coefficient (Wildman–Crippen LogP) is 2.55. The summed E-state index contributed by atoms with van der Waals surface area (Å²) in [7, 11) is -4.08. The van der Waals surface area contributed by atoms with Gasteiger partial charge in [-0.25, -0.2) is 13.4 Å². The molecule has 1 saturated heterocycles. The van der Waals surface area contributed by atoms with Crippen LogP contribution < -0.4 is 9.62 Å². The number of benzene rings is 2. The monoisotopic (exact) mass is 436 g/mol. The van der Waals surface area contributed by atoms with Crippen LogP contribution in [0.2, 0.25) is 0 Å². The summed E-state index contributed by atoms with van der Waals surface area (Å²) in [6.07, 6.45) is 0. The molecule has 0 radical (unpaired) electrons. The zero-order chi connectivity index (χ0) is 20.6. The first-order valence-electron chi connectivity index (χ1n) is 8.57. The van der Waals surface area contributed by atoms with Crippen molar-refractivity contribution in [2.45, 2.75) is 4.90 Å². The maximum absolute atomic E-state index is 12.6. The second kappa shape index (κ2) is 7.46. The fourth-order valence-corrected chi connectivity index (χ4v) is 5.02. The lowest BCUT2D eigenvalue weighted by Crippen LogP contribution is -2.36. The van der Waals surface area contributed by atoms with Crippen molar-refractivity contribution >= 4 is 48.1 Å². The molecule has 29 heavy (non-hydrogen) atoms. The molecule has 12 heteroatoms. The second-order valence-electron chi connectivity index (χ2n) is 6.29. The number of hydrogen-bond donors (Lipinski definition) is 2. The number of phenolic OH excluding ortho intramolecular Hbond substituents is 1. The number of thiazole rings is 1. The van der Waals surface area contributed by atoms with Crippen molar-refractivity contribution in [2.24, 2.45) is 0 Å². The van der Waals surface area contributed by atoms with Gasteiger partial charge in [-0.1, -0.05) is 11.3 Å². The van der Waals surface area contributed by atoms with E-state index in [1.54, 1.807) is 18.2 Å². The van der Waals surface area contributed by atoms with Crippen LogP contribution in [0.4, 0.5) is 16.5 Å². The van der Waals surface area contributed by atoms with Gasteiger partial charge in [0.2, 0.25) is 0 Å². The Morgan fingerprint density at radius 2 is 1.97 bits per heavy atom. The molecule has 0 aliphatic carbocycles. The van der Waals surface area contributed by atoms with Gasteiger partial charge in [0.15, 0.2) is 10.9 Å². The number of sulfonamides is 1. The molecule has 0 amide bonds. The Kier molecular flexibility index (Phi) is 4.98. The summed E-state index contributed by atoms with van der Waals surface area (Å²) in [5, 5.41) is 21.3. The molecule has 0 unspecified atom stereocenters. The summed E-state index contributed by atoms with van der Waals surface area (Å²) in [6, 6.07) is 7.87. The number of hydrogen-bond acceptors (Lipinski definition) is 9. The maximum Gasteiger partial charge on any atom is 0.312 e. The van der Waals surface area contributed by atoms with Gasteiger partial charge in [-0.2, -0.15) is 0 Å². The summed E-state index contributed by atoms with van der Waals surface area (Å²) in [6.45, 7) is 2.78. The molecule has 1 aliphatic heterocycles. The van der Waals surface area contributed by atoms with E-state index in [1.165, 1.54) is 11.3 Å². The number of aromatic hydroxyl groups is 1. The number of ether oxygens (including phenoxy) is 1. The zero-order valence-electron chi connectivity index (χ0n) is 14.9. The van der Waals surface area contributed by atoms with Crippen molar-refractivity contribution in [1.82, 2.24) is 4.98 Å². The van der Waals surface area contributed by atoms with E-state index in [1.807, 2.05) is 0 Å². The van der Waals surface area contributed by atoms with Crippen LogP contribution in [0.3, 0.4) is 0 Å². The molecule has 2 heterocycles. The van der Waals surface area contributed by atoms with E-state index < -0.39 is 26.4 Å². The molecule has 1 aromatic heterocycles. The Bertz CT molecular complexity index is 1190. The third-order valence-corrected chi connectivity index (χ3v) is 6.82. The summed E-state index contributed by atoms with van der Waals surface area (Å²) in [4.78, 5) is 16.5. The van der Waals surface area contributed by atoms with E-state index >= 15 is 0 Å². The van der Waals surface area contributed by atoms with Gasteiger partial charge in [-0.05, 0) is 30.3 Å². The number of nitro groups is 1. The Morgan fingerprint density at radius 3 is 2.69 bits per heavy atom. The number of anilines is 2. The standard InChI is InChI=1S/C17H16N4O6S2/c22-15-4-2-12(10-14(15)21(23)24)29(25,26)19-11-1-3-13-16(9-11)28-17(18-13)20-5-7-27-8-6-20/h1-4,9-10,19,22H,5-8H2. The van der Waals surface area contributed by atoms with E-state index in [0.717, 1.165) is 46.6 Å². The lowest BCUT2D eigenvalue weighted by atomic mass is 10.3. The normalized spacial score (nSPS) is 14.8. The minimum Gasteiger partial charge on any atom is -0.502 e. The number of nitro benzene ring substituents is 1. The molecular weight excluding hydrogens is 420 g/mol. The highest BCUT2D eigenvalue weighted by molar-refractivity contribution is 7.92. The van der Waals surface area contributed by atoms with Crippen LogP contribution in [-0.2, 0) is 14.8 Å². The van der Waals surface area contributed by atoms with Crippen molar-refractivity contribution in [1.29, 1.82) is 0 Å². The van der Waals surface area contributed by atoms with Crippen LogP contribution in [0.5, 0.6) is 5.75 Å². The Hall–Kier alpha value is -2.96. The Morgan fingerprint density at radius 1 is 1.21 bits per heavy atom. The summed E-state index contributed by atoms with van der Waals surface area (Å²) < 4.78 is 33.8. The van der Waals surface area contributed by atoms with Crippen molar-refractivity contribution < 1.29 is 23.2 Å². The number of phenols is 1. The molecule has 152 valence electrons. The van der Waals surface area contributed by atoms with E-state index in [9.17, 15) is 23.6 Å². The molecule has 0 atom stereocenters. The number of nitrogens with one attached hydrogen (secondary N) is 1. The van der Waals surface area contributed by atoms with Crippen molar-refractivity contribution in [3.8, 4) is 5.75 Å². The average molecular weight is 436 g/mol. The van der Waals surface area contributed by atoms with Crippen LogP contribution in [-0.4, -0.2) is 49.7 Å². The number of nitrogens with zero attached hydrogens (tertiary/aromatic N) is 3. The lowest BCUT2D eigenvalue weighted by Gasteiger charge is -2.25. The molecule has 1 fully saturated rings. The van der Waals surface area contributed by atoms with Gasteiger partial charge < -0.3 is 14.7 Å². The molecule has 0 spiro atoms. The highest BCUT2D eigenvalue weighted by Gasteiger charge is 2.22. The molecule has 2 aromatic carbocycles. The minimum atomic E-state index is -4.08. The van der Waals surface area contributed by atoms with Crippen molar-refractivity contribution in [3.63, 3.8) is 0 Å². The predicted molar refractivity (Wildman–Crippen MR) is 108 cm³/mol. The van der Waals surface area contributed by atoms with Crippen molar-refractivity contribution in [2.75, 3.05) is 35.9 Å². The molecule has 0 saturated carbocycles. The number of rotatable bonds is 5. The van der Waals surface area contributed by atoms with Gasteiger partial charge in [-0.15, -0.1) is 0 Å². The largest absolute Gasteiger partial charge is 0.502 e. The molecule has 3 aromatic rings. The summed E-state index contributed by atoms with van der Waals surface area (Å²) in [5.41, 5.74) is 0.381. The van der Waals surface area contributed by atoms with E-state index in [0.29, 0.717) is 18.9 Å². The first-order chi connectivity index (χ1) is 13.8. The second-order valence-corrected chi connectivity index (χ2v) is 8.98. The number of morpholine rings is 1. The molecule has 1 aliphatic rings. The van der Waals surface area contributed by atoms with E-state index in [4.69, 9.17) is 4.74 Å². The van der Waals surface area contributed by atoms with Crippen LogP contribution in [0, 0.1) is 10.1 Å². The third-order valence-electron chi connectivity index (χ3n) is 4.36. The van der Waals surface area contributed by atoms with Crippen LogP contribution in [0.15, 0.2) is 41.3 Å². The summed E-state index contributed by atoms with van der Waals surface area (Å²) >= 11 is 1.45. The minimum absolute atomic E-state index is 0.311. The topological polar surface area (TPSA) is 135 Å². The van der Waals surface area contributed by atoms with Crippen LogP contribution >= 0.6 is 11.3 Å². The first kappa shape index (κ1) is 19.4. The highest BCUT2D eigenvalue weighted by atomic mass is 32.2. The third kappa shape index (κ3) is 3.95. The van der Waals surface area contributed by atoms with Gasteiger partial charge in [0.05, 0.1) is 38.9 Å². The van der Waals surface area contributed by atoms with E-state index in [2.05, 4.69) is 14.6 Å². The first-order valence-corrected chi connectivity index (χ1v) is 10.9. The molecule has 10 nitrogen and oxygen atoms in total. The Balaban J connectivity index is 1.61. The average Bonchev–Trinajstić information content (AvgIpc) is 3.11. The van der Waals surface area contributed by atoms with Gasteiger partial charge in [0.25, 0.3) is 10.0 Å². The van der Waals surface area contributed by atoms with E-state index in [-0.39, 0.29) is 4.90 Å². The Labute approximate surface area is 169 Å². The maximum atomic E-state index is 12.6. The van der Waals surface area contributed by atoms with Gasteiger partial charge in [-0.3, -0.25) is 14.8 Å². The van der Waals surface area contributed by atoms with Gasteiger partial charge >= 0.3 is 5.69 Å². The molecule has 0 bridgehead atoms. The number of aromatic nitrogens is 1. The quantitative estimate of drug-likeness (QED) is 0.460. The molecule has 4 rings (SSSR count). The van der Waals surface area contributed by atoms with Crippen molar-refractivity contribution in [3.05, 3.63) is 46.5 Å². The molecular formula is C17H16N4O6S2. The lowest BCUT2D eigenvalue weighted by molar-refractivity contribution is -0.386. The van der Waals surface area contributed by atoms with Crippen LogP contribution in [0.25, 0.3) is 10.2 Å².